The van der Waals surface area contributed by atoms with Crippen molar-refractivity contribution in [3.63, 3.8) is 0 Å². The zero-order valence-corrected chi connectivity index (χ0v) is 17.6. The van der Waals surface area contributed by atoms with Gasteiger partial charge in [-0.3, -0.25) is 14.5 Å². The molecule has 2 amide bonds. The van der Waals surface area contributed by atoms with E-state index in [1.807, 2.05) is 32.0 Å². The predicted octanol–water partition coefficient (Wildman–Crippen LogP) is 2.38. The lowest BCUT2D eigenvalue weighted by Crippen LogP contribution is -2.41. The van der Waals surface area contributed by atoms with Gasteiger partial charge >= 0.3 is 0 Å². The Balaban J connectivity index is 1.42. The van der Waals surface area contributed by atoms with Crippen LogP contribution in [-0.4, -0.2) is 62.7 Å². The molecule has 1 heterocycles. The van der Waals surface area contributed by atoms with Crippen LogP contribution in [0.5, 0.6) is 5.75 Å². The van der Waals surface area contributed by atoms with Crippen molar-refractivity contribution in [2.75, 3.05) is 51.3 Å². The van der Waals surface area contributed by atoms with Crippen molar-refractivity contribution in [2.24, 2.45) is 0 Å². The summed E-state index contributed by atoms with van der Waals surface area (Å²) in [7, 11) is 0. The van der Waals surface area contributed by atoms with E-state index in [1.165, 1.54) is 0 Å². The fourth-order valence-electron chi connectivity index (χ4n) is 3.18. The van der Waals surface area contributed by atoms with Gasteiger partial charge in [0.15, 0.2) is 6.61 Å². The summed E-state index contributed by atoms with van der Waals surface area (Å²) in [6.45, 7) is 8.59. The highest BCUT2D eigenvalue weighted by Crippen LogP contribution is 2.20. The number of morpholine rings is 1. The first kappa shape index (κ1) is 21.8. The van der Waals surface area contributed by atoms with Crippen LogP contribution in [0, 0.1) is 13.8 Å². The first-order valence-corrected chi connectivity index (χ1v) is 10.2. The number of nitrogens with zero attached hydrogens (tertiary/aromatic N) is 1. The van der Waals surface area contributed by atoms with Crippen molar-refractivity contribution < 1.29 is 19.1 Å². The van der Waals surface area contributed by atoms with E-state index in [9.17, 15) is 9.59 Å². The molecule has 3 rings (SSSR count). The maximum atomic E-state index is 12.3. The second-order valence-corrected chi connectivity index (χ2v) is 7.32. The Kier molecular flexibility index (Phi) is 7.82. The lowest BCUT2D eigenvalue weighted by Gasteiger charge is -2.26. The van der Waals surface area contributed by atoms with Gasteiger partial charge in [-0.15, -0.1) is 0 Å². The molecule has 2 aromatic rings. The molecule has 0 unspecified atom stereocenters. The monoisotopic (exact) mass is 411 g/mol. The van der Waals surface area contributed by atoms with Gasteiger partial charge in [0.05, 0.1) is 13.2 Å². The normalized spacial score (nSPS) is 14.2. The molecule has 2 aromatic carbocycles. The largest absolute Gasteiger partial charge is 0.483 e. The molecule has 30 heavy (non-hydrogen) atoms. The molecule has 0 bridgehead atoms. The number of benzene rings is 2. The second kappa shape index (κ2) is 10.8. The maximum Gasteiger partial charge on any atom is 0.262 e. The average Bonchev–Trinajstić information content (AvgIpc) is 2.76. The highest BCUT2D eigenvalue weighted by atomic mass is 16.5. The number of carbonyl (C=O) groups excluding carboxylic acids is 2. The first-order valence-electron chi connectivity index (χ1n) is 10.2. The van der Waals surface area contributed by atoms with Crippen molar-refractivity contribution in [1.29, 1.82) is 0 Å². The van der Waals surface area contributed by atoms with E-state index in [2.05, 4.69) is 15.5 Å². The molecule has 1 saturated heterocycles. The molecular formula is C23H29N3O4. The first-order chi connectivity index (χ1) is 14.5. The van der Waals surface area contributed by atoms with Crippen LogP contribution in [-0.2, 0) is 9.53 Å². The summed E-state index contributed by atoms with van der Waals surface area (Å²) in [4.78, 5) is 26.7. The van der Waals surface area contributed by atoms with Crippen LogP contribution < -0.4 is 15.4 Å². The number of carbonyl (C=O) groups is 2. The molecule has 1 aliphatic rings. The molecule has 160 valence electrons. The fraction of sp³-hybridized carbons (Fsp3) is 0.391. The highest BCUT2D eigenvalue weighted by molar-refractivity contribution is 5.96. The lowest BCUT2D eigenvalue weighted by atomic mass is 10.1. The quantitative estimate of drug-likeness (QED) is 0.697. The lowest BCUT2D eigenvalue weighted by molar-refractivity contribution is -0.118. The summed E-state index contributed by atoms with van der Waals surface area (Å²) in [5.74, 6) is 0.326. The van der Waals surface area contributed by atoms with E-state index in [1.54, 1.807) is 24.3 Å². The minimum absolute atomic E-state index is 0.0753. The van der Waals surface area contributed by atoms with Crippen LogP contribution in [0.4, 0.5) is 5.69 Å². The van der Waals surface area contributed by atoms with E-state index in [4.69, 9.17) is 9.47 Å². The van der Waals surface area contributed by atoms with Crippen LogP contribution in [0.25, 0.3) is 0 Å². The zero-order valence-electron chi connectivity index (χ0n) is 17.6. The molecule has 1 fully saturated rings. The van der Waals surface area contributed by atoms with Crippen LogP contribution in [0.2, 0.25) is 0 Å². The van der Waals surface area contributed by atoms with Gasteiger partial charge in [-0.1, -0.05) is 12.1 Å². The molecule has 0 spiro atoms. The van der Waals surface area contributed by atoms with Gasteiger partial charge in [-0.25, -0.2) is 0 Å². The molecule has 0 aliphatic carbocycles. The number of aryl methyl sites for hydroxylation is 1. The zero-order chi connectivity index (χ0) is 21.3. The Hall–Kier alpha value is -2.90. The Bertz CT molecular complexity index is 861. The Morgan fingerprint density at radius 1 is 1.07 bits per heavy atom. The Morgan fingerprint density at radius 2 is 1.80 bits per heavy atom. The molecule has 0 atom stereocenters. The number of hydrogen-bond acceptors (Lipinski definition) is 5. The third kappa shape index (κ3) is 6.30. The number of rotatable bonds is 8. The van der Waals surface area contributed by atoms with Crippen molar-refractivity contribution in [3.8, 4) is 5.75 Å². The summed E-state index contributed by atoms with van der Waals surface area (Å²) >= 11 is 0. The fourth-order valence-corrected chi connectivity index (χ4v) is 3.18. The number of amides is 2. The summed E-state index contributed by atoms with van der Waals surface area (Å²) in [6.07, 6.45) is 0. The molecular weight excluding hydrogens is 382 g/mol. The Labute approximate surface area is 177 Å². The van der Waals surface area contributed by atoms with Gasteiger partial charge in [0.1, 0.15) is 5.75 Å². The minimum Gasteiger partial charge on any atom is -0.483 e. The van der Waals surface area contributed by atoms with E-state index in [0.717, 1.165) is 44.0 Å². The van der Waals surface area contributed by atoms with Crippen LogP contribution >= 0.6 is 0 Å². The van der Waals surface area contributed by atoms with E-state index in [0.29, 0.717) is 23.5 Å². The van der Waals surface area contributed by atoms with Crippen LogP contribution in [0.1, 0.15) is 21.5 Å². The Morgan fingerprint density at radius 3 is 2.53 bits per heavy atom. The predicted molar refractivity (Wildman–Crippen MR) is 116 cm³/mol. The number of anilines is 1. The number of ether oxygens (including phenoxy) is 2. The number of nitrogens with one attached hydrogen (secondary N) is 2. The van der Waals surface area contributed by atoms with Gasteiger partial charge < -0.3 is 20.1 Å². The molecule has 0 saturated carbocycles. The summed E-state index contributed by atoms with van der Waals surface area (Å²) < 4.78 is 10.9. The van der Waals surface area contributed by atoms with Crippen LogP contribution in [0.15, 0.2) is 42.5 Å². The molecule has 7 nitrogen and oxygen atoms in total. The van der Waals surface area contributed by atoms with Gasteiger partial charge in [-0.2, -0.15) is 0 Å². The third-order valence-electron chi connectivity index (χ3n) is 5.16. The summed E-state index contributed by atoms with van der Waals surface area (Å²) in [5.41, 5.74) is 3.32. The van der Waals surface area contributed by atoms with Crippen LogP contribution in [0.3, 0.4) is 0 Å². The second-order valence-electron chi connectivity index (χ2n) is 7.32. The molecule has 0 aromatic heterocycles. The summed E-state index contributed by atoms with van der Waals surface area (Å²) in [5, 5.41) is 5.71. The third-order valence-corrected chi connectivity index (χ3v) is 5.16. The van der Waals surface area contributed by atoms with Gasteiger partial charge in [0.2, 0.25) is 0 Å². The van der Waals surface area contributed by atoms with Crippen molar-refractivity contribution >= 4 is 17.5 Å². The molecule has 0 radical (unpaired) electrons. The standard InChI is InChI=1S/C23H29N3O4/c1-17-4-3-5-21(18(17)2)30-16-22(27)25-20-8-6-19(7-9-20)23(28)24-10-11-26-12-14-29-15-13-26/h3-9H,10-16H2,1-2H3,(H,24,28)(H,25,27). The van der Waals surface area contributed by atoms with Crippen molar-refractivity contribution in [2.45, 2.75) is 13.8 Å². The van der Waals surface area contributed by atoms with Crippen molar-refractivity contribution in [1.82, 2.24) is 10.2 Å². The average molecular weight is 412 g/mol. The smallest absolute Gasteiger partial charge is 0.262 e. The SMILES string of the molecule is Cc1cccc(OCC(=O)Nc2ccc(C(=O)NCCN3CCOCC3)cc2)c1C. The van der Waals surface area contributed by atoms with E-state index < -0.39 is 0 Å². The van der Waals surface area contributed by atoms with Gasteiger partial charge in [0.25, 0.3) is 11.8 Å². The van der Waals surface area contributed by atoms with E-state index >= 15 is 0 Å². The molecule has 7 heteroatoms. The maximum absolute atomic E-state index is 12.3. The topological polar surface area (TPSA) is 79.9 Å². The number of hydrogen-bond donors (Lipinski definition) is 2. The highest BCUT2D eigenvalue weighted by Gasteiger charge is 2.11. The van der Waals surface area contributed by atoms with Gasteiger partial charge in [-0.05, 0) is 55.3 Å². The molecule has 1 aliphatic heterocycles. The van der Waals surface area contributed by atoms with Crippen molar-refractivity contribution in [3.05, 3.63) is 59.2 Å². The summed E-state index contributed by atoms with van der Waals surface area (Å²) in [6, 6.07) is 12.6. The minimum atomic E-state index is -0.251. The van der Waals surface area contributed by atoms with Gasteiger partial charge in [0, 0.05) is 37.4 Å². The molecule has 2 N–H and O–H groups in total. The van der Waals surface area contributed by atoms with E-state index in [-0.39, 0.29) is 18.4 Å².